The summed E-state index contributed by atoms with van der Waals surface area (Å²) in [5.41, 5.74) is 3.70. The third-order valence-electron chi connectivity index (χ3n) is 3.43. The summed E-state index contributed by atoms with van der Waals surface area (Å²) in [6, 6.07) is 13.8. The summed E-state index contributed by atoms with van der Waals surface area (Å²) in [5, 5.41) is 0.983. The van der Waals surface area contributed by atoms with E-state index in [0.29, 0.717) is 0 Å². The molecule has 3 rings (SSSR count). The maximum atomic E-state index is 12.8. The molecule has 1 aromatic heterocycles. The van der Waals surface area contributed by atoms with Gasteiger partial charge < -0.3 is 4.98 Å². The summed E-state index contributed by atoms with van der Waals surface area (Å²) in [6.07, 6.45) is 3.80. The SMILES string of the molecule is CSc1ccccc1C(=O)c1c[nH]c2cc(C)ccc12. The third-order valence-corrected chi connectivity index (χ3v) is 4.23. The van der Waals surface area contributed by atoms with E-state index < -0.39 is 0 Å². The van der Waals surface area contributed by atoms with Crippen LogP contribution in [0.25, 0.3) is 10.9 Å². The molecule has 3 heteroatoms. The molecule has 3 aromatic rings. The number of thioether (sulfide) groups is 1. The van der Waals surface area contributed by atoms with E-state index in [9.17, 15) is 4.79 Å². The normalized spacial score (nSPS) is 10.9. The smallest absolute Gasteiger partial charge is 0.196 e. The average Bonchev–Trinajstić information content (AvgIpc) is 2.89. The maximum absolute atomic E-state index is 12.8. The van der Waals surface area contributed by atoms with Crippen LogP contribution in [0.15, 0.2) is 53.6 Å². The Morgan fingerprint density at radius 2 is 1.90 bits per heavy atom. The Morgan fingerprint density at radius 1 is 1.10 bits per heavy atom. The van der Waals surface area contributed by atoms with Crippen LogP contribution in [0.1, 0.15) is 21.5 Å². The lowest BCUT2D eigenvalue weighted by atomic mass is 10.0. The van der Waals surface area contributed by atoms with Crippen LogP contribution >= 0.6 is 11.8 Å². The predicted molar refractivity (Wildman–Crippen MR) is 84.7 cm³/mol. The number of H-pyrrole nitrogens is 1. The lowest BCUT2D eigenvalue weighted by Gasteiger charge is -2.05. The molecule has 100 valence electrons. The van der Waals surface area contributed by atoms with Crippen molar-refractivity contribution in [2.75, 3.05) is 6.26 Å². The molecule has 2 nitrogen and oxygen atoms in total. The maximum Gasteiger partial charge on any atom is 0.196 e. The van der Waals surface area contributed by atoms with Gasteiger partial charge in [-0.2, -0.15) is 0 Å². The fraction of sp³-hybridized carbons (Fsp3) is 0.118. The van der Waals surface area contributed by atoms with Gasteiger partial charge in [-0.25, -0.2) is 0 Å². The summed E-state index contributed by atoms with van der Waals surface area (Å²) in [7, 11) is 0. The number of rotatable bonds is 3. The number of carbonyl (C=O) groups is 1. The van der Waals surface area contributed by atoms with E-state index in [0.717, 1.165) is 26.9 Å². The van der Waals surface area contributed by atoms with Crippen LogP contribution < -0.4 is 0 Å². The van der Waals surface area contributed by atoms with E-state index in [2.05, 4.69) is 11.1 Å². The topological polar surface area (TPSA) is 32.9 Å². The van der Waals surface area contributed by atoms with E-state index in [-0.39, 0.29) is 5.78 Å². The summed E-state index contributed by atoms with van der Waals surface area (Å²) in [4.78, 5) is 17.0. The van der Waals surface area contributed by atoms with E-state index in [1.807, 2.05) is 55.8 Å². The van der Waals surface area contributed by atoms with Crippen molar-refractivity contribution in [3.05, 3.63) is 65.4 Å². The molecule has 0 saturated heterocycles. The van der Waals surface area contributed by atoms with Crippen LogP contribution in [0.3, 0.4) is 0 Å². The Bertz CT molecular complexity index is 789. The number of aromatic amines is 1. The zero-order chi connectivity index (χ0) is 14.1. The lowest BCUT2D eigenvalue weighted by molar-refractivity contribution is 0.103. The molecule has 0 radical (unpaired) electrons. The molecule has 0 aliphatic heterocycles. The van der Waals surface area contributed by atoms with Gasteiger partial charge in [0.05, 0.1) is 0 Å². The summed E-state index contributed by atoms with van der Waals surface area (Å²) < 4.78 is 0. The van der Waals surface area contributed by atoms with Crippen molar-refractivity contribution in [3.8, 4) is 0 Å². The molecule has 0 fully saturated rings. The fourth-order valence-corrected chi connectivity index (χ4v) is 3.00. The monoisotopic (exact) mass is 281 g/mol. The molecule has 0 bridgehead atoms. The van der Waals surface area contributed by atoms with Crippen LogP contribution in [0.4, 0.5) is 0 Å². The zero-order valence-electron chi connectivity index (χ0n) is 11.4. The number of ketones is 1. The van der Waals surface area contributed by atoms with E-state index in [1.165, 1.54) is 5.56 Å². The summed E-state index contributed by atoms with van der Waals surface area (Å²) >= 11 is 1.60. The first-order valence-corrected chi connectivity index (χ1v) is 7.68. The van der Waals surface area contributed by atoms with Crippen LogP contribution in [0.2, 0.25) is 0 Å². The molecule has 0 amide bonds. The highest BCUT2D eigenvalue weighted by atomic mass is 32.2. The first-order valence-electron chi connectivity index (χ1n) is 6.46. The highest BCUT2D eigenvalue weighted by Crippen LogP contribution is 2.26. The molecule has 0 atom stereocenters. The van der Waals surface area contributed by atoms with Crippen molar-refractivity contribution in [3.63, 3.8) is 0 Å². The highest BCUT2D eigenvalue weighted by molar-refractivity contribution is 7.98. The molecular formula is C17H15NOS. The number of carbonyl (C=O) groups excluding carboxylic acids is 1. The zero-order valence-corrected chi connectivity index (χ0v) is 12.3. The van der Waals surface area contributed by atoms with Crippen LogP contribution in [-0.4, -0.2) is 17.0 Å². The van der Waals surface area contributed by atoms with E-state index >= 15 is 0 Å². The van der Waals surface area contributed by atoms with Crippen molar-refractivity contribution in [1.82, 2.24) is 4.98 Å². The van der Waals surface area contributed by atoms with Crippen molar-refractivity contribution < 1.29 is 4.79 Å². The Kier molecular flexibility index (Phi) is 3.36. The van der Waals surface area contributed by atoms with Crippen LogP contribution in [-0.2, 0) is 0 Å². The van der Waals surface area contributed by atoms with Crippen molar-refractivity contribution >= 4 is 28.4 Å². The van der Waals surface area contributed by atoms with Crippen LogP contribution in [0, 0.1) is 6.92 Å². The van der Waals surface area contributed by atoms with Gasteiger partial charge in [-0.3, -0.25) is 4.79 Å². The number of nitrogens with one attached hydrogen (secondary N) is 1. The number of hydrogen-bond acceptors (Lipinski definition) is 2. The molecule has 1 heterocycles. The Balaban J connectivity index is 2.13. The van der Waals surface area contributed by atoms with Gasteiger partial charge in [0, 0.05) is 33.1 Å². The molecule has 0 spiro atoms. The molecule has 0 aliphatic carbocycles. The third kappa shape index (κ3) is 2.14. The predicted octanol–water partition coefficient (Wildman–Crippen LogP) is 4.43. The molecule has 0 unspecified atom stereocenters. The van der Waals surface area contributed by atoms with E-state index in [4.69, 9.17) is 0 Å². The Labute approximate surface area is 122 Å². The minimum Gasteiger partial charge on any atom is -0.360 e. The highest BCUT2D eigenvalue weighted by Gasteiger charge is 2.16. The molecule has 2 aromatic carbocycles. The average molecular weight is 281 g/mol. The van der Waals surface area contributed by atoms with Gasteiger partial charge >= 0.3 is 0 Å². The van der Waals surface area contributed by atoms with Gasteiger partial charge in [0.1, 0.15) is 0 Å². The van der Waals surface area contributed by atoms with Gasteiger partial charge in [0.2, 0.25) is 0 Å². The van der Waals surface area contributed by atoms with Gasteiger partial charge in [-0.1, -0.05) is 24.3 Å². The molecule has 0 saturated carbocycles. The number of aromatic nitrogens is 1. The van der Waals surface area contributed by atoms with Crippen LogP contribution in [0.5, 0.6) is 0 Å². The molecule has 1 N–H and O–H groups in total. The Morgan fingerprint density at radius 3 is 2.70 bits per heavy atom. The second kappa shape index (κ2) is 5.17. The number of benzene rings is 2. The van der Waals surface area contributed by atoms with Gasteiger partial charge in [0.15, 0.2) is 5.78 Å². The Hall–Kier alpha value is -2.00. The molecular weight excluding hydrogens is 266 g/mol. The standard InChI is InChI=1S/C17H15NOS/c1-11-7-8-12-14(10-18-15(12)9-11)17(19)13-5-3-4-6-16(13)20-2/h3-10,18H,1-2H3. The summed E-state index contributed by atoms with van der Waals surface area (Å²) in [5.74, 6) is 0.0741. The van der Waals surface area contributed by atoms with Gasteiger partial charge in [-0.15, -0.1) is 11.8 Å². The lowest BCUT2D eigenvalue weighted by Crippen LogP contribution is -2.02. The minimum absolute atomic E-state index is 0.0741. The first kappa shape index (κ1) is 13.0. The van der Waals surface area contributed by atoms with Gasteiger partial charge in [-0.05, 0) is 36.9 Å². The second-order valence-electron chi connectivity index (χ2n) is 4.78. The van der Waals surface area contributed by atoms with Crippen molar-refractivity contribution in [2.45, 2.75) is 11.8 Å². The van der Waals surface area contributed by atoms with Gasteiger partial charge in [0.25, 0.3) is 0 Å². The number of fused-ring (bicyclic) bond motifs is 1. The quantitative estimate of drug-likeness (QED) is 0.569. The molecule has 0 aliphatic rings. The minimum atomic E-state index is 0.0741. The van der Waals surface area contributed by atoms with E-state index in [1.54, 1.807) is 11.8 Å². The summed E-state index contributed by atoms with van der Waals surface area (Å²) in [6.45, 7) is 2.05. The molecule has 20 heavy (non-hydrogen) atoms. The van der Waals surface area contributed by atoms with Crippen molar-refractivity contribution in [1.29, 1.82) is 0 Å². The first-order chi connectivity index (χ1) is 9.70. The fourth-order valence-electron chi connectivity index (χ4n) is 2.41. The number of aryl methyl sites for hydroxylation is 1. The largest absolute Gasteiger partial charge is 0.360 e. The van der Waals surface area contributed by atoms with Crippen molar-refractivity contribution in [2.24, 2.45) is 0 Å². The number of hydrogen-bond donors (Lipinski definition) is 1. The second-order valence-corrected chi connectivity index (χ2v) is 5.63.